The minimum absolute atomic E-state index is 0.150. The molecule has 0 aromatic heterocycles. The summed E-state index contributed by atoms with van der Waals surface area (Å²) >= 11 is 0. The van der Waals surface area contributed by atoms with Crippen LogP contribution in [0.1, 0.15) is 18.1 Å². The summed E-state index contributed by atoms with van der Waals surface area (Å²) in [6, 6.07) is 7.62. The van der Waals surface area contributed by atoms with Crippen LogP contribution in [0, 0.1) is 0 Å². The topological polar surface area (TPSA) is 57.6 Å². The molecule has 4 nitrogen and oxygen atoms in total. The highest BCUT2D eigenvalue weighted by Gasteiger charge is 2.23. The Morgan fingerprint density at radius 3 is 2.82 bits per heavy atom. The third kappa shape index (κ3) is 2.98. The van der Waals surface area contributed by atoms with Gasteiger partial charge in [-0.25, -0.2) is 8.42 Å². The summed E-state index contributed by atoms with van der Waals surface area (Å²) < 4.78 is 22.3. The largest absolute Gasteiger partial charge is 0.388 e. The van der Waals surface area contributed by atoms with Crippen molar-refractivity contribution < 1.29 is 13.5 Å². The lowest BCUT2D eigenvalue weighted by molar-refractivity contribution is 0.164. The molecule has 1 aromatic carbocycles. The number of fused-ring (bicyclic) bond motifs is 1. The van der Waals surface area contributed by atoms with E-state index in [1.165, 1.54) is 6.26 Å². The van der Waals surface area contributed by atoms with E-state index < -0.39 is 15.9 Å². The Labute approximate surface area is 102 Å². The molecule has 1 unspecified atom stereocenters. The number of aliphatic hydroxyl groups is 1. The number of aliphatic hydroxyl groups excluding tert-OH is 1. The van der Waals surface area contributed by atoms with Crippen molar-refractivity contribution in [3.8, 4) is 0 Å². The number of para-hydroxylation sites is 1. The van der Waals surface area contributed by atoms with Crippen LogP contribution >= 0.6 is 0 Å². The zero-order valence-corrected chi connectivity index (χ0v) is 10.7. The molecule has 5 heteroatoms. The van der Waals surface area contributed by atoms with Crippen molar-refractivity contribution >= 4 is 15.5 Å². The van der Waals surface area contributed by atoms with E-state index in [0.29, 0.717) is 19.5 Å². The minimum atomic E-state index is -2.94. The molecule has 1 aliphatic rings. The molecule has 0 spiro atoms. The highest BCUT2D eigenvalue weighted by molar-refractivity contribution is 7.90. The van der Waals surface area contributed by atoms with E-state index >= 15 is 0 Å². The van der Waals surface area contributed by atoms with Gasteiger partial charge in [-0.2, -0.15) is 0 Å². The fraction of sp³-hybridized carbons (Fsp3) is 0.500. The Morgan fingerprint density at radius 2 is 2.12 bits per heavy atom. The second kappa shape index (κ2) is 4.66. The fourth-order valence-electron chi connectivity index (χ4n) is 2.12. The first kappa shape index (κ1) is 12.4. The molecule has 0 aliphatic carbocycles. The molecular weight excluding hydrogens is 238 g/mol. The van der Waals surface area contributed by atoms with Gasteiger partial charge in [-0.15, -0.1) is 0 Å². The van der Waals surface area contributed by atoms with Gasteiger partial charge in [0.25, 0.3) is 0 Å². The molecule has 0 saturated carbocycles. The third-order valence-corrected chi connectivity index (χ3v) is 3.97. The Kier molecular flexibility index (Phi) is 3.40. The molecule has 1 N–H and O–H groups in total. The van der Waals surface area contributed by atoms with Crippen molar-refractivity contribution in [2.45, 2.75) is 12.5 Å². The maximum atomic E-state index is 11.2. The number of nitrogens with zero attached hydrogens (tertiary/aromatic N) is 1. The molecule has 0 bridgehead atoms. The standard InChI is InChI=1S/C12H17NO3S/c1-17(15,16)9-8-13-7-6-12(14)10-4-2-3-5-11(10)13/h2-5,12,14H,6-9H2,1H3. The second-order valence-electron chi connectivity index (χ2n) is 4.48. The van der Waals surface area contributed by atoms with Crippen LogP contribution in [0.15, 0.2) is 24.3 Å². The first-order valence-electron chi connectivity index (χ1n) is 5.67. The lowest BCUT2D eigenvalue weighted by Crippen LogP contribution is -2.34. The molecule has 1 aromatic rings. The van der Waals surface area contributed by atoms with Gasteiger partial charge in [-0.1, -0.05) is 18.2 Å². The van der Waals surface area contributed by atoms with Crippen LogP contribution in [0.25, 0.3) is 0 Å². The summed E-state index contributed by atoms with van der Waals surface area (Å²) in [7, 11) is -2.94. The summed E-state index contributed by atoms with van der Waals surface area (Å²) in [6.45, 7) is 1.19. The van der Waals surface area contributed by atoms with Gasteiger partial charge in [-0.05, 0) is 12.5 Å². The van der Waals surface area contributed by atoms with Gasteiger partial charge in [0.15, 0.2) is 0 Å². The Morgan fingerprint density at radius 1 is 1.41 bits per heavy atom. The molecule has 1 atom stereocenters. The quantitative estimate of drug-likeness (QED) is 0.874. The predicted molar refractivity (Wildman–Crippen MR) is 67.9 cm³/mol. The highest BCUT2D eigenvalue weighted by Crippen LogP contribution is 2.33. The zero-order chi connectivity index (χ0) is 12.5. The molecular formula is C12H17NO3S. The summed E-state index contributed by atoms with van der Waals surface area (Å²) in [4.78, 5) is 2.03. The predicted octanol–water partition coefficient (Wildman–Crippen LogP) is 0.975. The lowest BCUT2D eigenvalue weighted by Gasteiger charge is -2.33. The van der Waals surface area contributed by atoms with Crippen LogP contribution in [0.4, 0.5) is 5.69 Å². The van der Waals surface area contributed by atoms with E-state index in [0.717, 1.165) is 11.3 Å². The summed E-state index contributed by atoms with van der Waals surface area (Å²) in [5.74, 6) is 0.150. The number of benzene rings is 1. The fourth-order valence-corrected chi connectivity index (χ4v) is 2.67. The van der Waals surface area contributed by atoms with Crippen LogP contribution < -0.4 is 4.90 Å². The average Bonchev–Trinajstić information content (AvgIpc) is 2.27. The van der Waals surface area contributed by atoms with E-state index in [1.807, 2.05) is 29.2 Å². The van der Waals surface area contributed by atoms with E-state index in [9.17, 15) is 13.5 Å². The maximum absolute atomic E-state index is 11.2. The summed E-state index contributed by atoms with van der Waals surface area (Å²) in [6.07, 6.45) is 1.47. The van der Waals surface area contributed by atoms with Gasteiger partial charge < -0.3 is 10.0 Å². The Bertz CT molecular complexity index is 498. The van der Waals surface area contributed by atoms with Crippen molar-refractivity contribution in [2.75, 3.05) is 30.0 Å². The molecule has 0 amide bonds. The Balaban J connectivity index is 2.19. The molecule has 17 heavy (non-hydrogen) atoms. The summed E-state index contributed by atoms with van der Waals surface area (Å²) in [5.41, 5.74) is 1.85. The molecule has 1 heterocycles. The number of rotatable bonds is 3. The van der Waals surface area contributed by atoms with Gasteiger partial charge in [0.05, 0.1) is 11.9 Å². The van der Waals surface area contributed by atoms with Crippen LogP contribution in [0.3, 0.4) is 0 Å². The normalized spacial score (nSPS) is 20.1. The van der Waals surface area contributed by atoms with Crippen LogP contribution in [-0.2, 0) is 9.84 Å². The van der Waals surface area contributed by atoms with Gasteiger partial charge >= 0.3 is 0 Å². The molecule has 94 valence electrons. The first-order chi connectivity index (χ1) is 7.97. The second-order valence-corrected chi connectivity index (χ2v) is 6.74. The van der Waals surface area contributed by atoms with Crippen molar-refractivity contribution in [3.63, 3.8) is 0 Å². The monoisotopic (exact) mass is 255 g/mol. The highest BCUT2D eigenvalue weighted by atomic mass is 32.2. The zero-order valence-electron chi connectivity index (χ0n) is 9.83. The SMILES string of the molecule is CS(=O)(=O)CCN1CCC(O)c2ccccc21. The number of hydrogen-bond donors (Lipinski definition) is 1. The number of sulfone groups is 1. The average molecular weight is 255 g/mol. The van der Waals surface area contributed by atoms with Gasteiger partial charge in [-0.3, -0.25) is 0 Å². The van der Waals surface area contributed by atoms with Crippen LogP contribution in [0.2, 0.25) is 0 Å². The van der Waals surface area contributed by atoms with E-state index in [4.69, 9.17) is 0 Å². The summed E-state index contributed by atoms with van der Waals surface area (Å²) in [5, 5.41) is 9.86. The van der Waals surface area contributed by atoms with Gasteiger partial charge in [0, 0.05) is 30.6 Å². The first-order valence-corrected chi connectivity index (χ1v) is 7.73. The van der Waals surface area contributed by atoms with E-state index in [-0.39, 0.29) is 5.75 Å². The third-order valence-electron chi connectivity index (χ3n) is 3.04. The lowest BCUT2D eigenvalue weighted by atomic mass is 9.99. The van der Waals surface area contributed by atoms with Crippen molar-refractivity contribution in [3.05, 3.63) is 29.8 Å². The molecule has 1 aliphatic heterocycles. The minimum Gasteiger partial charge on any atom is -0.388 e. The smallest absolute Gasteiger partial charge is 0.149 e. The van der Waals surface area contributed by atoms with Crippen molar-refractivity contribution in [1.82, 2.24) is 0 Å². The Hall–Kier alpha value is -1.07. The number of hydrogen-bond acceptors (Lipinski definition) is 4. The van der Waals surface area contributed by atoms with Gasteiger partial charge in [0.1, 0.15) is 9.84 Å². The number of anilines is 1. The van der Waals surface area contributed by atoms with Crippen LogP contribution in [-0.4, -0.2) is 38.6 Å². The maximum Gasteiger partial charge on any atom is 0.149 e. The molecule has 2 rings (SSSR count). The van der Waals surface area contributed by atoms with Crippen molar-refractivity contribution in [1.29, 1.82) is 0 Å². The molecule has 0 fully saturated rings. The van der Waals surface area contributed by atoms with E-state index in [1.54, 1.807) is 0 Å². The molecule has 0 radical (unpaired) electrons. The van der Waals surface area contributed by atoms with E-state index in [2.05, 4.69) is 0 Å². The van der Waals surface area contributed by atoms with Crippen molar-refractivity contribution in [2.24, 2.45) is 0 Å². The molecule has 0 saturated heterocycles. The van der Waals surface area contributed by atoms with Crippen LogP contribution in [0.5, 0.6) is 0 Å². The van der Waals surface area contributed by atoms with Gasteiger partial charge in [0.2, 0.25) is 0 Å².